The summed E-state index contributed by atoms with van der Waals surface area (Å²) >= 11 is 0. The fraction of sp³-hybridized carbons (Fsp3) is 0.857. The van der Waals surface area contributed by atoms with E-state index in [-0.39, 0.29) is 12.3 Å². The third-order valence-electron chi connectivity index (χ3n) is 4.49. The van der Waals surface area contributed by atoms with E-state index in [2.05, 4.69) is 5.32 Å². The maximum Gasteiger partial charge on any atom is 0.303 e. The molecule has 0 radical (unpaired) electrons. The molecule has 0 saturated heterocycles. The van der Waals surface area contributed by atoms with Gasteiger partial charge in [-0.15, -0.1) is 0 Å². The molecule has 102 valence electrons. The van der Waals surface area contributed by atoms with Crippen molar-refractivity contribution in [1.82, 2.24) is 5.32 Å². The first kappa shape index (κ1) is 13.4. The van der Waals surface area contributed by atoms with Gasteiger partial charge in [-0.1, -0.05) is 6.42 Å². The molecule has 1 amide bonds. The van der Waals surface area contributed by atoms with E-state index >= 15 is 0 Å². The number of fused-ring (bicyclic) bond motifs is 2. The SMILES string of the molecule is O=C(O)CCCCC(=O)NCC1CC2CCC1C2. The summed E-state index contributed by atoms with van der Waals surface area (Å²) in [5.41, 5.74) is 0. The Labute approximate surface area is 108 Å². The summed E-state index contributed by atoms with van der Waals surface area (Å²) in [5.74, 6) is 1.78. The van der Waals surface area contributed by atoms with Gasteiger partial charge in [-0.2, -0.15) is 0 Å². The van der Waals surface area contributed by atoms with Crippen molar-refractivity contribution in [2.45, 2.75) is 51.4 Å². The van der Waals surface area contributed by atoms with Crippen molar-refractivity contribution < 1.29 is 14.7 Å². The molecule has 2 fully saturated rings. The third kappa shape index (κ3) is 3.72. The van der Waals surface area contributed by atoms with Crippen LogP contribution in [0.4, 0.5) is 0 Å². The van der Waals surface area contributed by atoms with E-state index in [0.29, 0.717) is 25.2 Å². The molecule has 18 heavy (non-hydrogen) atoms. The molecule has 2 bridgehead atoms. The van der Waals surface area contributed by atoms with Crippen LogP contribution in [0.3, 0.4) is 0 Å². The normalized spacial score (nSPS) is 29.4. The van der Waals surface area contributed by atoms with Gasteiger partial charge in [0.1, 0.15) is 0 Å². The Kier molecular flexibility index (Phi) is 4.61. The zero-order valence-electron chi connectivity index (χ0n) is 10.9. The maximum atomic E-state index is 11.6. The van der Waals surface area contributed by atoms with Crippen LogP contribution in [0, 0.1) is 17.8 Å². The van der Waals surface area contributed by atoms with Crippen LogP contribution in [-0.4, -0.2) is 23.5 Å². The lowest BCUT2D eigenvalue weighted by Gasteiger charge is -2.21. The first-order valence-corrected chi connectivity index (χ1v) is 7.13. The van der Waals surface area contributed by atoms with Gasteiger partial charge in [0.2, 0.25) is 5.91 Å². The van der Waals surface area contributed by atoms with Crippen LogP contribution in [0.15, 0.2) is 0 Å². The third-order valence-corrected chi connectivity index (χ3v) is 4.49. The molecule has 2 saturated carbocycles. The molecule has 2 N–H and O–H groups in total. The fourth-order valence-electron chi connectivity index (χ4n) is 3.52. The molecule has 4 heteroatoms. The monoisotopic (exact) mass is 253 g/mol. The highest BCUT2D eigenvalue weighted by molar-refractivity contribution is 5.75. The highest BCUT2D eigenvalue weighted by atomic mass is 16.4. The molecule has 0 aliphatic heterocycles. The van der Waals surface area contributed by atoms with Crippen molar-refractivity contribution in [3.8, 4) is 0 Å². The number of amides is 1. The number of hydrogen-bond acceptors (Lipinski definition) is 2. The van der Waals surface area contributed by atoms with E-state index in [4.69, 9.17) is 5.11 Å². The Morgan fingerprint density at radius 2 is 1.89 bits per heavy atom. The Morgan fingerprint density at radius 3 is 2.50 bits per heavy atom. The molecule has 0 aromatic rings. The highest BCUT2D eigenvalue weighted by Crippen LogP contribution is 2.47. The lowest BCUT2D eigenvalue weighted by molar-refractivity contribution is -0.137. The van der Waals surface area contributed by atoms with Crippen LogP contribution < -0.4 is 5.32 Å². The van der Waals surface area contributed by atoms with Gasteiger partial charge in [-0.3, -0.25) is 9.59 Å². The van der Waals surface area contributed by atoms with Crippen LogP contribution >= 0.6 is 0 Å². The molecule has 2 rings (SSSR count). The van der Waals surface area contributed by atoms with Gasteiger partial charge in [-0.05, 0) is 49.9 Å². The van der Waals surface area contributed by atoms with Gasteiger partial charge in [0, 0.05) is 19.4 Å². The summed E-state index contributed by atoms with van der Waals surface area (Å²) in [4.78, 5) is 21.9. The molecule has 3 atom stereocenters. The van der Waals surface area contributed by atoms with Crippen LogP contribution in [0.5, 0.6) is 0 Å². The summed E-state index contributed by atoms with van der Waals surface area (Å²) in [5, 5.41) is 11.5. The first-order chi connectivity index (χ1) is 8.65. The number of unbranched alkanes of at least 4 members (excludes halogenated alkanes) is 1. The summed E-state index contributed by atoms with van der Waals surface area (Å²) in [6, 6.07) is 0. The molecule has 4 nitrogen and oxygen atoms in total. The second-order valence-corrected chi connectivity index (χ2v) is 5.84. The van der Waals surface area contributed by atoms with E-state index in [9.17, 15) is 9.59 Å². The summed E-state index contributed by atoms with van der Waals surface area (Å²) in [6.07, 6.45) is 7.32. The average Bonchev–Trinajstić information content (AvgIpc) is 2.93. The molecule has 0 aromatic heterocycles. The van der Waals surface area contributed by atoms with Gasteiger partial charge in [0.05, 0.1) is 0 Å². The lowest BCUT2D eigenvalue weighted by Crippen LogP contribution is -2.31. The molecule has 0 heterocycles. The van der Waals surface area contributed by atoms with Crippen molar-refractivity contribution in [2.24, 2.45) is 17.8 Å². The average molecular weight is 253 g/mol. The van der Waals surface area contributed by atoms with Crippen molar-refractivity contribution >= 4 is 11.9 Å². The molecule has 2 aliphatic carbocycles. The first-order valence-electron chi connectivity index (χ1n) is 7.13. The maximum absolute atomic E-state index is 11.6. The molecule has 0 spiro atoms. The predicted molar refractivity (Wildman–Crippen MR) is 68.1 cm³/mol. The zero-order chi connectivity index (χ0) is 13.0. The van der Waals surface area contributed by atoms with Gasteiger partial charge in [-0.25, -0.2) is 0 Å². The van der Waals surface area contributed by atoms with Crippen molar-refractivity contribution in [1.29, 1.82) is 0 Å². The number of carboxylic acid groups (broad SMARTS) is 1. The fourth-order valence-corrected chi connectivity index (χ4v) is 3.52. The summed E-state index contributed by atoms with van der Waals surface area (Å²) < 4.78 is 0. The summed E-state index contributed by atoms with van der Waals surface area (Å²) in [6.45, 7) is 0.832. The lowest BCUT2D eigenvalue weighted by atomic mass is 9.89. The minimum Gasteiger partial charge on any atom is -0.481 e. The molecular weight excluding hydrogens is 230 g/mol. The smallest absolute Gasteiger partial charge is 0.303 e. The zero-order valence-corrected chi connectivity index (χ0v) is 10.9. The number of carboxylic acids is 1. The second kappa shape index (κ2) is 6.21. The number of hydrogen-bond donors (Lipinski definition) is 2. The Balaban J connectivity index is 1.54. The topological polar surface area (TPSA) is 66.4 Å². The Morgan fingerprint density at radius 1 is 1.11 bits per heavy atom. The Hall–Kier alpha value is -1.06. The molecule has 2 aliphatic rings. The standard InChI is InChI=1S/C14H23NO3/c16-13(3-1-2-4-14(17)18)15-9-12-8-10-5-6-11(12)7-10/h10-12H,1-9H2,(H,15,16)(H,17,18). The molecule has 0 aromatic carbocycles. The number of carbonyl (C=O) groups is 2. The van der Waals surface area contributed by atoms with Crippen molar-refractivity contribution in [2.75, 3.05) is 6.54 Å². The van der Waals surface area contributed by atoms with Crippen LogP contribution in [0.25, 0.3) is 0 Å². The van der Waals surface area contributed by atoms with Gasteiger partial charge >= 0.3 is 5.97 Å². The minimum atomic E-state index is -0.780. The van der Waals surface area contributed by atoms with Crippen LogP contribution in [-0.2, 0) is 9.59 Å². The van der Waals surface area contributed by atoms with Gasteiger partial charge in [0.15, 0.2) is 0 Å². The largest absolute Gasteiger partial charge is 0.481 e. The van der Waals surface area contributed by atoms with Crippen LogP contribution in [0.1, 0.15) is 51.4 Å². The molecule has 3 unspecified atom stereocenters. The van der Waals surface area contributed by atoms with Gasteiger partial charge in [0.25, 0.3) is 0 Å². The Bertz CT molecular complexity index is 316. The molecular formula is C14H23NO3. The number of aliphatic carboxylic acids is 1. The number of nitrogens with one attached hydrogen (secondary N) is 1. The van der Waals surface area contributed by atoms with E-state index < -0.39 is 5.97 Å². The van der Waals surface area contributed by atoms with E-state index in [1.54, 1.807) is 0 Å². The van der Waals surface area contributed by atoms with Crippen molar-refractivity contribution in [3.05, 3.63) is 0 Å². The number of carbonyl (C=O) groups excluding carboxylic acids is 1. The predicted octanol–water partition coefficient (Wildman–Crippen LogP) is 2.18. The highest BCUT2D eigenvalue weighted by Gasteiger charge is 2.39. The second-order valence-electron chi connectivity index (χ2n) is 5.84. The van der Waals surface area contributed by atoms with E-state index in [0.717, 1.165) is 18.4 Å². The van der Waals surface area contributed by atoms with Gasteiger partial charge < -0.3 is 10.4 Å². The quantitative estimate of drug-likeness (QED) is 0.683. The van der Waals surface area contributed by atoms with E-state index in [1.165, 1.54) is 25.7 Å². The summed E-state index contributed by atoms with van der Waals surface area (Å²) in [7, 11) is 0. The number of rotatable bonds is 7. The minimum absolute atomic E-state index is 0.0863. The van der Waals surface area contributed by atoms with Crippen LogP contribution in [0.2, 0.25) is 0 Å². The van der Waals surface area contributed by atoms with E-state index in [1.807, 2.05) is 0 Å². The van der Waals surface area contributed by atoms with Crippen molar-refractivity contribution in [3.63, 3.8) is 0 Å².